The Kier molecular flexibility index (Phi) is 8.07. The lowest BCUT2D eigenvalue weighted by Crippen LogP contribution is -2.33. The summed E-state index contributed by atoms with van der Waals surface area (Å²) in [5.74, 6) is 1.27. The van der Waals surface area contributed by atoms with E-state index in [-0.39, 0.29) is 12.4 Å². The van der Waals surface area contributed by atoms with Crippen molar-refractivity contribution in [2.75, 3.05) is 30.0 Å². The number of aliphatic hydroxyl groups is 4. The van der Waals surface area contributed by atoms with Gasteiger partial charge in [0.2, 0.25) is 5.95 Å². The normalized spacial score (nSPS) is 21.3. The molecule has 2 unspecified atom stereocenters. The number of nitrogens with two attached hydrogens (primary N) is 1. The first-order chi connectivity index (χ1) is 18.5. The van der Waals surface area contributed by atoms with Crippen LogP contribution < -0.4 is 11.1 Å². The highest BCUT2D eigenvalue weighted by Gasteiger charge is 2.45. The molecule has 2 aromatic heterocycles. The number of aliphatic hydroxyl groups excluding tert-OH is 4. The van der Waals surface area contributed by atoms with Crippen molar-refractivity contribution >= 4 is 34.7 Å². The van der Waals surface area contributed by atoms with E-state index in [1.165, 1.54) is 10.9 Å². The van der Waals surface area contributed by atoms with E-state index in [0.29, 0.717) is 30.1 Å². The number of fused-ring (bicyclic) bond motifs is 1. The second-order valence-corrected chi connectivity index (χ2v) is 10.1. The van der Waals surface area contributed by atoms with E-state index in [1.54, 1.807) is 11.8 Å². The summed E-state index contributed by atoms with van der Waals surface area (Å²) in [6.07, 6.45) is -2.62. The molecule has 0 spiro atoms. The molecule has 5 rings (SSSR count). The number of hydrogen-bond acceptors (Lipinski definition) is 11. The Morgan fingerprint density at radius 3 is 2.61 bits per heavy atom. The second-order valence-electron chi connectivity index (χ2n) is 8.94. The van der Waals surface area contributed by atoms with E-state index in [9.17, 15) is 20.4 Å². The lowest BCUT2D eigenvalue weighted by molar-refractivity contribution is -0.0501. The summed E-state index contributed by atoms with van der Waals surface area (Å²) in [7, 11) is 0. The Bertz CT molecular complexity index is 1390. The molecular formula is C26H30N6O5S. The van der Waals surface area contributed by atoms with Gasteiger partial charge >= 0.3 is 0 Å². The Morgan fingerprint density at radius 2 is 1.87 bits per heavy atom. The molecule has 0 bridgehead atoms. The van der Waals surface area contributed by atoms with Crippen LogP contribution in [0.3, 0.4) is 0 Å². The highest BCUT2D eigenvalue weighted by atomic mass is 32.2. The quantitative estimate of drug-likeness (QED) is 0.128. The number of rotatable bonds is 10. The first-order valence-electron chi connectivity index (χ1n) is 12.3. The van der Waals surface area contributed by atoms with Crippen LogP contribution in [0.5, 0.6) is 0 Å². The minimum Gasteiger partial charge on any atom is -0.396 e. The number of aromatic nitrogens is 4. The summed E-state index contributed by atoms with van der Waals surface area (Å²) in [5.41, 5.74) is 9.90. The zero-order valence-corrected chi connectivity index (χ0v) is 21.3. The molecule has 1 aliphatic rings. The number of thioether (sulfide) groups is 1. The maximum Gasteiger partial charge on any atom is 0.207 e. The molecule has 0 radical (unpaired) electrons. The van der Waals surface area contributed by atoms with Gasteiger partial charge in [0, 0.05) is 23.8 Å². The van der Waals surface area contributed by atoms with Gasteiger partial charge in [-0.2, -0.15) is 0 Å². The van der Waals surface area contributed by atoms with Gasteiger partial charge in [0.25, 0.3) is 0 Å². The number of nitrogens with zero attached hydrogens (tertiary/aromatic N) is 4. The van der Waals surface area contributed by atoms with Crippen molar-refractivity contribution in [2.45, 2.75) is 42.4 Å². The van der Waals surface area contributed by atoms with Crippen LogP contribution in [0.1, 0.15) is 18.2 Å². The fourth-order valence-corrected chi connectivity index (χ4v) is 5.53. The molecular weight excluding hydrogens is 508 g/mol. The van der Waals surface area contributed by atoms with E-state index < -0.39 is 31.1 Å². The standard InChI is InChI=1S/C26H30N6O5S/c27-23-20-24(30-14-29-23)32(25-22(36)21(35)18(13-34)37-25)26(31-20)28-12-15-7-8-17(16-5-2-1-3-6-16)19(11-15)38-10-4-9-33/h1-3,5-8,11,14,18,21-22,25,33-36H,4,9-10,12-13H2,(H,28,31)(H2,27,29,30)/t18-,21?,22?,25-/m1/s1. The highest BCUT2D eigenvalue weighted by molar-refractivity contribution is 7.99. The third-order valence-corrected chi connectivity index (χ3v) is 7.56. The van der Waals surface area contributed by atoms with Gasteiger partial charge in [-0.25, -0.2) is 15.0 Å². The Morgan fingerprint density at radius 1 is 1.05 bits per heavy atom. The molecule has 2 aromatic carbocycles. The molecule has 1 fully saturated rings. The lowest BCUT2D eigenvalue weighted by Gasteiger charge is -2.20. The summed E-state index contributed by atoms with van der Waals surface area (Å²) in [4.78, 5) is 13.9. The van der Waals surface area contributed by atoms with Crippen molar-refractivity contribution in [3.8, 4) is 11.1 Å². The van der Waals surface area contributed by atoms with Crippen LogP contribution in [-0.2, 0) is 11.3 Å². The zero-order valence-electron chi connectivity index (χ0n) is 20.5. The lowest BCUT2D eigenvalue weighted by atomic mass is 10.0. The van der Waals surface area contributed by atoms with Crippen molar-refractivity contribution in [3.63, 3.8) is 0 Å². The topological polar surface area (TPSA) is 172 Å². The fourth-order valence-electron chi connectivity index (χ4n) is 4.47. The van der Waals surface area contributed by atoms with E-state index >= 15 is 0 Å². The van der Waals surface area contributed by atoms with E-state index in [4.69, 9.17) is 10.5 Å². The maximum absolute atomic E-state index is 10.7. The molecule has 4 atom stereocenters. The maximum atomic E-state index is 10.7. The van der Waals surface area contributed by atoms with Gasteiger partial charge in [-0.3, -0.25) is 4.57 Å². The molecule has 200 valence electrons. The van der Waals surface area contributed by atoms with Crippen LogP contribution in [-0.4, -0.2) is 77.2 Å². The Hall–Kier alpha value is -3.26. The molecule has 0 aliphatic carbocycles. The smallest absolute Gasteiger partial charge is 0.207 e. The Labute approximate surface area is 223 Å². The highest BCUT2D eigenvalue weighted by Crippen LogP contribution is 2.36. The van der Waals surface area contributed by atoms with Crippen LogP contribution in [0.25, 0.3) is 22.3 Å². The molecule has 38 heavy (non-hydrogen) atoms. The van der Waals surface area contributed by atoms with Crippen molar-refractivity contribution in [3.05, 3.63) is 60.4 Å². The number of nitrogen functional groups attached to an aromatic ring is 1. The molecule has 1 aliphatic heterocycles. The van der Waals surface area contributed by atoms with E-state index in [0.717, 1.165) is 27.3 Å². The minimum absolute atomic E-state index is 0.137. The largest absolute Gasteiger partial charge is 0.396 e. The average Bonchev–Trinajstić information content (AvgIpc) is 3.45. The van der Waals surface area contributed by atoms with Gasteiger partial charge in [-0.15, -0.1) is 11.8 Å². The predicted octanol–water partition coefficient (Wildman–Crippen LogP) is 1.77. The van der Waals surface area contributed by atoms with E-state index in [2.05, 4.69) is 44.5 Å². The predicted molar refractivity (Wildman–Crippen MR) is 144 cm³/mol. The average molecular weight is 539 g/mol. The van der Waals surface area contributed by atoms with E-state index in [1.807, 2.05) is 24.3 Å². The van der Waals surface area contributed by atoms with Gasteiger partial charge < -0.3 is 36.2 Å². The van der Waals surface area contributed by atoms with Crippen molar-refractivity contribution in [2.24, 2.45) is 0 Å². The van der Waals surface area contributed by atoms with Crippen LogP contribution in [0.2, 0.25) is 0 Å². The minimum atomic E-state index is -1.32. The van der Waals surface area contributed by atoms with Gasteiger partial charge in [-0.05, 0) is 29.2 Å². The third kappa shape index (κ3) is 5.19. The van der Waals surface area contributed by atoms with Crippen molar-refractivity contribution in [1.82, 2.24) is 19.5 Å². The number of hydrogen-bond donors (Lipinski definition) is 6. The number of imidazole rings is 1. The molecule has 7 N–H and O–H groups in total. The summed E-state index contributed by atoms with van der Waals surface area (Å²) in [6.45, 7) is 0.0674. The van der Waals surface area contributed by atoms with Gasteiger partial charge in [0.15, 0.2) is 23.2 Å². The second kappa shape index (κ2) is 11.6. The van der Waals surface area contributed by atoms with Crippen LogP contribution >= 0.6 is 11.8 Å². The number of ether oxygens (including phenoxy) is 1. The van der Waals surface area contributed by atoms with Gasteiger partial charge in [0.1, 0.15) is 24.6 Å². The summed E-state index contributed by atoms with van der Waals surface area (Å²) >= 11 is 1.69. The number of nitrogens with one attached hydrogen (secondary N) is 1. The van der Waals surface area contributed by atoms with Crippen LogP contribution in [0.15, 0.2) is 59.8 Å². The van der Waals surface area contributed by atoms with Crippen LogP contribution in [0, 0.1) is 0 Å². The van der Waals surface area contributed by atoms with Gasteiger partial charge in [-0.1, -0.05) is 42.5 Å². The third-order valence-electron chi connectivity index (χ3n) is 6.42. The first kappa shape index (κ1) is 26.4. The number of anilines is 2. The molecule has 0 amide bonds. The van der Waals surface area contributed by atoms with Crippen LogP contribution in [0.4, 0.5) is 11.8 Å². The van der Waals surface area contributed by atoms with Crippen molar-refractivity contribution < 1.29 is 25.2 Å². The monoisotopic (exact) mass is 538 g/mol. The summed E-state index contributed by atoms with van der Waals surface area (Å²) in [6, 6.07) is 16.3. The fraction of sp³-hybridized carbons (Fsp3) is 0.346. The molecule has 0 saturated carbocycles. The summed E-state index contributed by atoms with van der Waals surface area (Å²) < 4.78 is 7.30. The summed E-state index contributed by atoms with van der Waals surface area (Å²) in [5, 5.41) is 43.1. The number of benzene rings is 2. The van der Waals surface area contributed by atoms with Gasteiger partial charge in [0.05, 0.1) is 6.61 Å². The first-order valence-corrected chi connectivity index (χ1v) is 13.3. The molecule has 11 nitrogen and oxygen atoms in total. The molecule has 3 heterocycles. The Balaban J connectivity index is 1.46. The molecule has 1 saturated heterocycles. The van der Waals surface area contributed by atoms with Crippen molar-refractivity contribution in [1.29, 1.82) is 0 Å². The SMILES string of the molecule is Nc1ncnc2c1nc(NCc1ccc(-c3ccccc3)c(SCCCO)c1)n2[C@@H]1O[C@H](CO)C(O)C1O. The molecule has 12 heteroatoms. The molecule has 4 aromatic rings. The zero-order chi connectivity index (χ0) is 26.6.